The Bertz CT molecular complexity index is 266. The molecule has 0 saturated heterocycles. The van der Waals surface area contributed by atoms with Crippen LogP contribution in [0.15, 0.2) is 28.3 Å². The first kappa shape index (κ1) is 12.5. The zero-order valence-electron chi connectivity index (χ0n) is 9.62. The van der Waals surface area contributed by atoms with Crippen molar-refractivity contribution in [3.63, 3.8) is 0 Å². The molecule has 15 heavy (non-hydrogen) atoms. The molecule has 0 aliphatic heterocycles. The molecule has 0 spiro atoms. The van der Waals surface area contributed by atoms with Crippen LogP contribution < -0.4 is 0 Å². The quantitative estimate of drug-likeness (QED) is 0.637. The number of hydrogen-bond acceptors (Lipinski definition) is 1. The summed E-state index contributed by atoms with van der Waals surface area (Å²) in [5.74, 6) is 1.15. The Balaban J connectivity index is 2.36. The second kappa shape index (κ2) is 6.84. The van der Waals surface area contributed by atoms with Gasteiger partial charge in [-0.25, -0.2) is 0 Å². The normalized spacial score (nSPS) is 23.9. The van der Waals surface area contributed by atoms with Crippen molar-refractivity contribution in [1.82, 2.24) is 0 Å². The maximum absolute atomic E-state index is 5.92. The Morgan fingerprint density at radius 2 is 2.47 bits per heavy atom. The van der Waals surface area contributed by atoms with E-state index >= 15 is 0 Å². The SMILES string of the molecule is CCC(C)CN=CC1C=CC(Cl)=CCC1. The second-order valence-electron chi connectivity index (χ2n) is 4.22. The van der Waals surface area contributed by atoms with Crippen LogP contribution in [0.3, 0.4) is 0 Å². The molecule has 1 aliphatic carbocycles. The van der Waals surface area contributed by atoms with Gasteiger partial charge in [-0.2, -0.15) is 0 Å². The molecule has 0 aromatic heterocycles. The van der Waals surface area contributed by atoms with Gasteiger partial charge in [-0.3, -0.25) is 4.99 Å². The van der Waals surface area contributed by atoms with Gasteiger partial charge in [0.15, 0.2) is 0 Å². The Morgan fingerprint density at radius 3 is 3.20 bits per heavy atom. The minimum atomic E-state index is 0.460. The summed E-state index contributed by atoms with van der Waals surface area (Å²) >= 11 is 5.92. The van der Waals surface area contributed by atoms with E-state index in [9.17, 15) is 0 Å². The zero-order chi connectivity index (χ0) is 11.1. The molecule has 0 fully saturated rings. The predicted molar refractivity (Wildman–Crippen MR) is 68.6 cm³/mol. The molecule has 84 valence electrons. The molecule has 0 N–H and O–H groups in total. The highest BCUT2D eigenvalue weighted by atomic mass is 35.5. The third kappa shape index (κ3) is 5.17. The maximum atomic E-state index is 5.92. The van der Waals surface area contributed by atoms with Crippen LogP contribution in [0.25, 0.3) is 0 Å². The molecule has 1 aliphatic rings. The molecule has 0 saturated carbocycles. The standard InChI is InChI=1S/C13H20ClN/c1-3-11(2)9-15-10-12-5-4-6-13(14)8-7-12/h6-8,10-12H,3-5,9H2,1-2H3. The van der Waals surface area contributed by atoms with Crippen molar-refractivity contribution in [2.24, 2.45) is 16.8 Å². The molecule has 0 radical (unpaired) electrons. The van der Waals surface area contributed by atoms with E-state index in [-0.39, 0.29) is 0 Å². The van der Waals surface area contributed by atoms with Crippen molar-refractivity contribution in [3.05, 3.63) is 23.3 Å². The van der Waals surface area contributed by atoms with E-state index in [1.807, 2.05) is 6.08 Å². The third-order valence-electron chi connectivity index (χ3n) is 2.75. The first-order chi connectivity index (χ1) is 7.22. The fourth-order valence-electron chi connectivity index (χ4n) is 1.42. The molecule has 2 atom stereocenters. The maximum Gasteiger partial charge on any atom is 0.0411 e. The molecule has 2 unspecified atom stereocenters. The summed E-state index contributed by atoms with van der Waals surface area (Å²) in [6.45, 7) is 5.39. The second-order valence-corrected chi connectivity index (χ2v) is 4.65. The summed E-state index contributed by atoms with van der Waals surface area (Å²) in [4.78, 5) is 4.49. The average Bonchev–Trinajstić information content (AvgIpc) is 2.43. The van der Waals surface area contributed by atoms with Crippen LogP contribution in [-0.2, 0) is 0 Å². The molecule has 0 aromatic carbocycles. The molecule has 0 amide bonds. The lowest BCUT2D eigenvalue weighted by Crippen LogP contribution is -2.01. The molecule has 0 heterocycles. The number of rotatable bonds is 4. The monoisotopic (exact) mass is 225 g/mol. The van der Waals surface area contributed by atoms with Gasteiger partial charge < -0.3 is 0 Å². The van der Waals surface area contributed by atoms with E-state index in [1.54, 1.807) is 0 Å². The van der Waals surface area contributed by atoms with Crippen LogP contribution in [-0.4, -0.2) is 12.8 Å². The lowest BCUT2D eigenvalue weighted by Gasteiger charge is -2.05. The Labute approximate surface area is 97.9 Å². The van der Waals surface area contributed by atoms with Crippen LogP contribution in [0.1, 0.15) is 33.1 Å². The molecular weight excluding hydrogens is 206 g/mol. The smallest absolute Gasteiger partial charge is 0.0411 e. The molecule has 2 heteroatoms. The van der Waals surface area contributed by atoms with E-state index in [2.05, 4.69) is 37.2 Å². The number of aliphatic imine (C=N–C) groups is 1. The van der Waals surface area contributed by atoms with Gasteiger partial charge in [-0.05, 0) is 24.8 Å². The molecule has 1 rings (SSSR count). The number of halogens is 1. The van der Waals surface area contributed by atoms with Gasteiger partial charge in [0.2, 0.25) is 0 Å². The van der Waals surface area contributed by atoms with Crippen LogP contribution in [0, 0.1) is 11.8 Å². The fraction of sp³-hybridized carbons (Fsp3) is 0.615. The van der Waals surface area contributed by atoms with Crippen molar-refractivity contribution < 1.29 is 0 Å². The molecular formula is C13H20ClN. The summed E-state index contributed by atoms with van der Waals surface area (Å²) in [7, 11) is 0. The lowest BCUT2D eigenvalue weighted by molar-refractivity contribution is 0.576. The van der Waals surface area contributed by atoms with Gasteiger partial charge in [-0.15, -0.1) is 0 Å². The first-order valence-electron chi connectivity index (χ1n) is 5.76. The number of nitrogens with zero attached hydrogens (tertiary/aromatic N) is 1. The predicted octanol–water partition coefficient (Wildman–Crippen LogP) is 4.19. The van der Waals surface area contributed by atoms with Crippen LogP contribution in [0.4, 0.5) is 0 Å². The van der Waals surface area contributed by atoms with E-state index in [4.69, 9.17) is 11.6 Å². The van der Waals surface area contributed by atoms with E-state index in [1.165, 1.54) is 6.42 Å². The van der Waals surface area contributed by atoms with Crippen molar-refractivity contribution >= 4 is 17.8 Å². The van der Waals surface area contributed by atoms with Gasteiger partial charge in [0.1, 0.15) is 0 Å². The van der Waals surface area contributed by atoms with Crippen molar-refractivity contribution in [2.45, 2.75) is 33.1 Å². The highest BCUT2D eigenvalue weighted by molar-refractivity contribution is 6.31. The summed E-state index contributed by atoms with van der Waals surface area (Å²) in [6, 6.07) is 0. The summed E-state index contributed by atoms with van der Waals surface area (Å²) in [6.07, 6.45) is 11.6. The molecule has 0 bridgehead atoms. The number of allylic oxidation sites excluding steroid dienone is 4. The highest BCUT2D eigenvalue weighted by Crippen LogP contribution is 2.17. The average molecular weight is 226 g/mol. The highest BCUT2D eigenvalue weighted by Gasteiger charge is 2.04. The van der Waals surface area contributed by atoms with Crippen LogP contribution in [0.2, 0.25) is 0 Å². The Hall–Kier alpha value is -0.560. The summed E-state index contributed by atoms with van der Waals surface area (Å²) in [5, 5.41) is 0.854. The molecule has 1 nitrogen and oxygen atoms in total. The lowest BCUT2D eigenvalue weighted by atomic mass is 10.1. The summed E-state index contributed by atoms with van der Waals surface area (Å²) < 4.78 is 0. The largest absolute Gasteiger partial charge is 0.297 e. The van der Waals surface area contributed by atoms with Crippen molar-refractivity contribution in [3.8, 4) is 0 Å². The van der Waals surface area contributed by atoms with Gasteiger partial charge in [0.05, 0.1) is 0 Å². The van der Waals surface area contributed by atoms with E-state index in [0.29, 0.717) is 11.8 Å². The van der Waals surface area contributed by atoms with E-state index in [0.717, 1.165) is 24.4 Å². The van der Waals surface area contributed by atoms with Gasteiger partial charge in [-0.1, -0.05) is 44.0 Å². The topological polar surface area (TPSA) is 12.4 Å². The Kier molecular flexibility index (Phi) is 5.70. The summed E-state index contributed by atoms with van der Waals surface area (Å²) in [5.41, 5.74) is 0. The van der Waals surface area contributed by atoms with Crippen molar-refractivity contribution in [1.29, 1.82) is 0 Å². The third-order valence-corrected chi connectivity index (χ3v) is 3.03. The fourth-order valence-corrected chi connectivity index (χ4v) is 1.60. The Morgan fingerprint density at radius 1 is 1.67 bits per heavy atom. The van der Waals surface area contributed by atoms with Crippen LogP contribution in [0.5, 0.6) is 0 Å². The molecule has 0 aromatic rings. The zero-order valence-corrected chi connectivity index (χ0v) is 10.4. The minimum Gasteiger partial charge on any atom is -0.297 e. The minimum absolute atomic E-state index is 0.460. The van der Waals surface area contributed by atoms with Gasteiger partial charge >= 0.3 is 0 Å². The van der Waals surface area contributed by atoms with Crippen LogP contribution >= 0.6 is 11.6 Å². The van der Waals surface area contributed by atoms with Crippen molar-refractivity contribution in [2.75, 3.05) is 6.54 Å². The van der Waals surface area contributed by atoms with Gasteiger partial charge in [0.25, 0.3) is 0 Å². The van der Waals surface area contributed by atoms with E-state index < -0.39 is 0 Å². The first-order valence-corrected chi connectivity index (χ1v) is 6.14. The number of hydrogen-bond donors (Lipinski definition) is 0. The van der Waals surface area contributed by atoms with Gasteiger partial charge in [0, 0.05) is 23.7 Å².